The Morgan fingerprint density at radius 2 is 1.91 bits per heavy atom. The van der Waals surface area contributed by atoms with Crippen LogP contribution < -0.4 is 61.4 Å². The standard InChI is InChI=1S/C16H19F3NO2.C9H8O.K/c1-22-14-9-13(8-7-12(14)10-16(17,18)19)20-15(21)11-5-3-2-4-6-11;1-7-4-3-5-9(6-10)8(7)2;/h2,7-9,11H,3-6,10H2,1H3,(H,20,21);3-5H,2H2,1H3;/q-1;-2;+1. The second-order valence-corrected chi connectivity index (χ2v) is 7.65. The number of aryl methyl sites for hydroxylation is 1. The molecule has 0 aliphatic heterocycles. The van der Waals surface area contributed by atoms with Crippen molar-refractivity contribution >= 4 is 17.9 Å². The third-order valence-electron chi connectivity index (χ3n) is 5.28. The molecule has 1 aliphatic carbocycles. The number of hydrogen-bond acceptors (Lipinski definition) is 3. The molecular formula is C25H27F3KNO3-2. The predicted octanol–water partition coefficient (Wildman–Crippen LogP) is 2.77. The quantitative estimate of drug-likeness (QED) is 0.524. The van der Waals surface area contributed by atoms with E-state index in [1.54, 1.807) is 6.07 Å². The number of ether oxygens (including phenoxy) is 1. The van der Waals surface area contributed by atoms with E-state index < -0.39 is 12.6 Å². The summed E-state index contributed by atoms with van der Waals surface area (Å²) in [7, 11) is 1.32. The van der Waals surface area contributed by atoms with E-state index in [1.165, 1.54) is 25.3 Å². The third-order valence-corrected chi connectivity index (χ3v) is 5.28. The van der Waals surface area contributed by atoms with E-state index in [0.717, 1.165) is 36.8 Å². The summed E-state index contributed by atoms with van der Waals surface area (Å²) in [5, 5.41) is 2.76. The van der Waals surface area contributed by atoms with Crippen LogP contribution in [0.1, 0.15) is 47.9 Å². The average Bonchev–Trinajstić information content (AvgIpc) is 2.76. The van der Waals surface area contributed by atoms with E-state index in [-0.39, 0.29) is 74.5 Å². The molecule has 0 aromatic heterocycles. The molecule has 0 radical (unpaired) electrons. The van der Waals surface area contributed by atoms with Crippen molar-refractivity contribution < 1.29 is 78.9 Å². The average molecular weight is 486 g/mol. The number of amides is 1. The Balaban J connectivity index is 0.000000417. The van der Waals surface area contributed by atoms with Gasteiger partial charge in [-0.05, 0) is 12.4 Å². The van der Waals surface area contributed by atoms with E-state index >= 15 is 0 Å². The van der Waals surface area contributed by atoms with Crippen molar-refractivity contribution in [1.82, 2.24) is 0 Å². The minimum absolute atomic E-state index is 0. The molecule has 0 saturated heterocycles. The van der Waals surface area contributed by atoms with Gasteiger partial charge in [-0.1, -0.05) is 25.8 Å². The zero-order chi connectivity index (χ0) is 23.7. The summed E-state index contributed by atoms with van der Waals surface area (Å²) in [6.45, 7) is 5.65. The second kappa shape index (κ2) is 14.2. The Bertz CT molecular complexity index is 926. The molecular weight excluding hydrogens is 458 g/mol. The summed E-state index contributed by atoms with van der Waals surface area (Å²) < 4.78 is 42.5. The number of carbonyl (C=O) groups is 1. The molecule has 0 atom stereocenters. The number of benzene rings is 2. The SMILES string of the molecule is COc1cc(NC(=O)C2CC[CH-]CC2)ccc1CC(F)(F)F.[CH2-]c1c(C)cccc1[C-]=O.[K+]. The third kappa shape index (κ3) is 9.82. The first kappa shape index (κ1) is 29.7. The fourth-order valence-electron chi connectivity index (χ4n) is 3.42. The summed E-state index contributed by atoms with van der Waals surface area (Å²) >= 11 is 0. The predicted molar refractivity (Wildman–Crippen MR) is 118 cm³/mol. The molecule has 4 nitrogen and oxygen atoms in total. The van der Waals surface area contributed by atoms with Crippen molar-refractivity contribution in [3.8, 4) is 5.75 Å². The van der Waals surface area contributed by atoms with Gasteiger partial charge in [-0.25, -0.2) is 11.6 Å². The Hall–Kier alpha value is -1.32. The van der Waals surface area contributed by atoms with Crippen LogP contribution in [-0.4, -0.2) is 25.5 Å². The van der Waals surface area contributed by atoms with Crippen molar-refractivity contribution in [3.63, 3.8) is 0 Å². The Kier molecular flexibility index (Phi) is 12.7. The second-order valence-electron chi connectivity index (χ2n) is 7.65. The number of nitrogens with one attached hydrogen (secondary N) is 1. The molecule has 2 aromatic rings. The van der Waals surface area contributed by atoms with Gasteiger partial charge in [-0.3, -0.25) is 22.8 Å². The van der Waals surface area contributed by atoms with Crippen molar-refractivity contribution in [2.24, 2.45) is 5.92 Å². The topological polar surface area (TPSA) is 55.4 Å². The molecule has 3 rings (SSSR count). The molecule has 2 aromatic carbocycles. The number of anilines is 1. The first-order valence-electron chi connectivity index (χ1n) is 10.3. The summed E-state index contributed by atoms with van der Waals surface area (Å²) in [5.74, 6) is 0.0108. The van der Waals surface area contributed by atoms with Crippen molar-refractivity contribution in [1.29, 1.82) is 0 Å². The van der Waals surface area contributed by atoms with Crippen LogP contribution in [0.3, 0.4) is 0 Å². The summed E-state index contributed by atoms with van der Waals surface area (Å²) in [5.41, 5.74) is 2.88. The van der Waals surface area contributed by atoms with E-state index in [2.05, 4.69) is 18.7 Å². The number of halogens is 3. The maximum atomic E-state index is 12.5. The van der Waals surface area contributed by atoms with Gasteiger partial charge < -0.3 is 21.3 Å². The monoisotopic (exact) mass is 485 g/mol. The number of rotatable bonds is 5. The molecule has 0 spiro atoms. The van der Waals surface area contributed by atoms with Crippen LogP contribution in [0.2, 0.25) is 0 Å². The van der Waals surface area contributed by atoms with Crippen molar-refractivity contribution in [2.45, 2.75) is 45.2 Å². The molecule has 8 heteroatoms. The molecule has 1 aliphatic rings. The normalized spacial score (nSPS) is 13.7. The minimum atomic E-state index is -4.29. The van der Waals surface area contributed by atoms with Crippen LogP contribution in [0, 0.1) is 26.2 Å². The minimum Gasteiger partial charge on any atom is -0.496 e. The number of hydrogen-bond donors (Lipinski definition) is 1. The summed E-state index contributed by atoms with van der Waals surface area (Å²) in [4.78, 5) is 22.3. The Morgan fingerprint density at radius 1 is 1.24 bits per heavy atom. The number of alkyl halides is 3. The van der Waals surface area contributed by atoms with Gasteiger partial charge in [0.25, 0.3) is 0 Å². The molecule has 0 bridgehead atoms. The summed E-state index contributed by atoms with van der Waals surface area (Å²) in [6, 6.07) is 9.72. The first-order chi connectivity index (χ1) is 15.1. The van der Waals surface area contributed by atoms with E-state index in [4.69, 9.17) is 4.74 Å². The Morgan fingerprint density at radius 3 is 2.45 bits per heavy atom. The van der Waals surface area contributed by atoms with Gasteiger partial charge in [0.2, 0.25) is 5.91 Å². The molecule has 1 amide bonds. The van der Waals surface area contributed by atoms with Gasteiger partial charge in [0.1, 0.15) is 5.75 Å². The van der Waals surface area contributed by atoms with Crippen LogP contribution in [0.5, 0.6) is 5.75 Å². The van der Waals surface area contributed by atoms with Gasteiger partial charge in [0.15, 0.2) is 0 Å². The molecule has 0 unspecified atom stereocenters. The molecule has 33 heavy (non-hydrogen) atoms. The van der Waals surface area contributed by atoms with Gasteiger partial charge in [-0.2, -0.15) is 26.0 Å². The first-order valence-corrected chi connectivity index (χ1v) is 10.3. The molecule has 174 valence electrons. The van der Waals surface area contributed by atoms with Crippen LogP contribution in [-0.2, 0) is 16.0 Å². The van der Waals surface area contributed by atoms with Crippen LogP contribution in [0.4, 0.5) is 18.9 Å². The van der Waals surface area contributed by atoms with Gasteiger partial charge in [0.05, 0.1) is 13.5 Å². The number of methoxy groups -OCH3 is 1. The zero-order valence-corrected chi connectivity index (χ0v) is 22.3. The smallest absolute Gasteiger partial charge is 0.496 e. The van der Waals surface area contributed by atoms with Crippen molar-refractivity contribution in [2.75, 3.05) is 12.4 Å². The van der Waals surface area contributed by atoms with E-state index in [1.807, 2.05) is 25.3 Å². The van der Waals surface area contributed by atoms with Crippen LogP contribution in [0.25, 0.3) is 0 Å². The Labute approximate surface area is 236 Å². The van der Waals surface area contributed by atoms with Gasteiger partial charge >= 0.3 is 57.6 Å². The van der Waals surface area contributed by atoms with Crippen LogP contribution in [0.15, 0.2) is 36.4 Å². The fraction of sp³-hybridized carbons (Fsp3) is 0.360. The molecule has 1 N–H and O–H groups in total. The van der Waals surface area contributed by atoms with E-state index in [0.29, 0.717) is 11.3 Å². The summed E-state index contributed by atoms with van der Waals surface area (Å²) in [6.07, 6.45) is 2.12. The van der Waals surface area contributed by atoms with E-state index in [9.17, 15) is 22.8 Å². The van der Waals surface area contributed by atoms with Crippen LogP contribution >= 0.6 is 0 Å². The zero-order valence-electron chi connectivity index (χ0n) is 19.2. The maximum absolute atomic E-state index is 12.5. The largest absolute Gasteiger partial charge is 1.00 e. The molecule has 0 heterocycles. The number of carbonyl (C=O) groups excluding carboxylic acids is 2. The van der Waals surface area contributed by atoms with Gasteiger partial charge in [0, 0.05) is 23.2 Å². The maximum Gasteiger partial charge on any atom is 1.00 e. The molecule has 1 saturated carbocycles. The van der Waals surface area contributed by atoms with Crippen molar-refractivity contribution in [3.05, 3.63) is 72.0 Å². The van der Waals surface area contributed by atoms with Gasteiger partial charge in [-0.15, -0.1) is 12.1 Å². The molecule has 1 fully saturated rings. The fourth-order valence-corrected chi connectivity index (χ4v) is 3.42.